The van der Waals surface area contributed by atoms with Gasteiger partial charge in [-0.05, 0) is 28.6 Å². The van der Waals surface area contributed by atoms with Crippen molar-refractivity contribution < 1.29 is 0 Å². The molecule has 12 rings (SSSR count). The van der Waals surface area contributed by atoms with Gasteiger partial charge in [0.2, 0.25) is 5.95 Å². The zero-order valence-electron chi connectivity index (χ0n) is 32.3. The standard InChI is InChI=1S/C54H34N6/c1-5-17-35(18-6-1)36-29-31-40(32-30-36)53-55-48(37-19-7-2-8-20-37)50-42-26-14-13-25-41(42)43-33-34-46-47(49(43)60(50)53)44-27-15-16-28-45(44)59(46)54-57-51(38-21-9-3-10-22-38)56-52(58-54)39-23-11-4-12-24-39/h1-34H. The van der Waals surface area contributed by atoms with Crippen molar-refractivity contribution in [3.05, 3.63) is 206 Å². The molecule has 0 bridgehead atoms. The van der Waals surface area contributed by atoms with Gasteiger partial charge in [0.25, 0.3) is 0 Å². The van der Waals surface area contributed by atoms with Crippen LogP contribution in [0.1, 0.15) is 0 Å². The van der Waals surface area contributed by atoms with Gasteiger partial charge in [-0.25, -0.2) is 9.97 Å². The fourth-order valence-corrected chi connectivity index (χ4v) is 8.85. The van der Waals surface area contributed by atoms with E-state index in [4.69, 9.17) is 19.9 Å². The Bertz CT molecular complexity index is 3500. The second kappa shape index (κ2) is 13.7. The summed E-state index contributed by atoms with van der Waals surface area (Å²) < 4.78 is 4.61. The minimum absolute atomic E-state index is 0.553. The van der Waals surface area contributed by atoms with E-state index >= 15 is 0 Å². The fraction of sp³-hybridized carbons (Fsp3) is 0. The number of hydrogen-bond acceptors (Lipinski definition) is 4. The summed E-state index contributed by atoms with van der Waals surface area (Å²) in [4.78, 5) is 21.1. The van der Waals surface area contributed by atoms with Crippen LogP contribution in [0.3, 0.4) is 0 Å². The van der Waals surface area contributed by atoms with Crippen molar-refractivity contribution in [2.75, 3.05) is 0 Å². The maximum Gasteiger partial charge on any atom is 0.238 e. The Morgan fingerprint density at radius 2 is 0.783 bits per heavy atom. The van der Waals surface area contributed by atoms with Crippen LogP contribution in [0.5, 0.6) is 0 Å². The number of nitrogens with zero attached hydrogens (tertiary/aromatic N) is 6. The lowest BCUT2D eigenvalue weighted by atomic mass is 9.99. The Balaban J connectivity index is 1.23. The summed E-state index contributed by atoms with van der Waals surface area (Å²) in [5, 5.41) is 5.64. The van der Waals surface area contributed by atoms with Crippen molar-refractivity contribution >= 4 is 49.0 Å². The number of benzene rings is 8. The molecule has 6 nitrogen and oxygen atoms in total. The summed E-state index contributed by atoms with van der Waals surface area (Å²) in [5.74, 6) is 2.66. The molecule has 0 fully saturated rings. The molecule has 12 aromatic rings. The highest BCUT2D eigenvalue weighted by molar-refractivity contribution is 6.27. The van der Waals surface area contributed by atoms with Gasteiger partial charge in [0.1, 0.15) is 5.82 Å². The van der Waals surface area contributed by atoms with Crippen molar-refractivity contribution in [1.29, 1.82) is 0 Å². The molecule has 60 heavy (non-hydrogen) atoms. The van der Waals surface area contributed by atoms with Gasteiger partial charge < -0.3 is 0 Å². The van der Waals surface area contributed by atoms with Gasteiger partial charge in [-0.1, -0.05) is 194 Å². The molecule has 0 aliphatic heterocycles. The largest absolute Gasteiger partial charge is 0.290 e. The molecule has 0 N–H and O–H groups in total. The number of imidazole rings is 1. The minimum Gasteiger partial charge on any atom is -0.290 e. The lowest BCUT2D eigenvalue weighted by Gasteiger charge is -2.14. The predicted octanol–water partition coefficient (Wildman–Crippen LogP) is 13.3. The van der Waals surface area contributed by atoms with E-state index in [0.29, 0.717) is 17.6 Å². The van der Waals surface area contributed by atoms with Gasteiger partial charge in [0, 0.05) is 43.8 Å². The zero-order chi connectivity index (χ0) is 39.6. The number of rotatable bonds is 6. The van der Waals surface area contributed by atoms with E-state index in [1.54, 1.807) is 0 Å². The Morgan fingerprint density at radius 3 is 1.42 bits per heavy atom. The Labute approximate surface area is 345 Å². The molecule has 0 unspecified atom stereocenters. The van der Waals surface area contributed by atoms with Crippen LogP contribution >= 0.6 is 0 Å². The highest BCUT2D eigenvalue weighted by atomic mass is 15.2. The lowest BCUT2D eigenvalue weighted by Crippen LogP contribution is -2.06. The summed E-state index contributed by atoms with van der Waals surface area (Å²) >= 11 is 0. The van der Waals surface area contributed by atoms with Crippen LogP contribution in [0.25, 0.3) is 111 Å². The van der Waals surface area contributed by atoms with E-state index in [2.05, 4.69) is 155 Å². The summed E-state index contributed by atoms with van der Waals surface area (Å²) in [6.45, 7) is 0. The average molecular weight is 767 g/mol. The molecule has 0 saturated heterocycles. The SMILES string of the molecule is c1ccc(-c2ccc(-c3nc(-c4ccccc4)c4c5ccccc5c5ccc6c(c7ccccc7n6-c6nc(-c7ccccc7)nc(-c7ccccc7)n6)c5n34)cc2)cc1. The van der Waals surface area contributed by atoms with E-state index in [9.17, 15) is 0 Å². The van der Waals surface area contributed by atoms with Crippen LogP contribution in [0.15, 0.2) is 206 Å². The van der Waals surface area contributed by atoms with Crippen molar-refractivity contribution in [2.45, 2.75) is 0 Å². The van der Waals surface area contributed by atoms with E-state index in [1.165, 1.54) is 10.9 Å². The quantitative estimate of drug-likeness (QED) is 0.158. The summed E-state index contributed by atoms with van der Waals surface area (Å²) in [7, 11) is 0. The topological polar surface area (TPSA) is 60.9 Å². The molecule has 6 heteroatoms. The van der Waals surface area contributed by atoms with Crippen molar-refractivity contribution in [2.24, 2.45) is 0 Å². The predicted molar refractivity (Wildman–Crippen MR) is 245 cm³/mol. The molecule has 4 aromatic heterocycles. The first-order valence-electron chi connectivity index (χ1n) is 20.2. The first-order chi connectivity index (χ1) is 29.8. The van der Waals surface area contributed by atoms with Crippen LogP contribution in [0, 0.1) is 0 Å². The molecule has 4 heterocycles. The summed E-state index contributed by atoms with van der Waals surface area (Å²) in [6.07, 6.45) is 0. The van der Waals surface area contributed by atoms with Gasteiger partial charge in [-0.2, -0.15) is 9.97 Å². The molecule has 0 radical (unpaired) electrons. The average Bonchev–Trinajstić information content (AvgIpc) is 3.90. The number of para-hydroxylation sites is 1. The minimum atomic E-state index is 0.553. The molecule has 0 amide bonds. The Kier molecular flexibility index (Phi) is 7.74. The van der Waals surface area contributed by atoms with Gasteiger partial charge in [-0.15, -0.1) is 0 Å². The fourth-order valence-electron chi connectivity index (χ4n) is 8.85. The molecular weight excluding hydrogens is 733 g/mol. The van der Waals surface area contributed by atoms with Gasteiger partial charge in [0.05, 0.1) is 27.8 Å². The van der Waals surface area contributed by atoms with Crippen molar-refractivity contribution in [3.63, 3.8) is 0 Å². The highest BCUT2D eigenvalue weighted by Crippen LogP contribution is 2.44. The molecular formula is C54H34N6. The van der Waals surface area contributed by atoms with Crippen molar-refractivity contribution in [1.82, 2.24) is 28.9 Å². The van der Waals surface area contributed by atoms with Crippen LogP contribution in [0.2, 0.25) is 0 Å². The van der Waals surface area contributed by atoms with Crippen LogP contribution in [-0.2, 0) is 0 Å². The molecule has 0 saturated carbocycles. The summed E-state index contributed by atoms with van der Waals surface area (Å²) in [5.41, 5.74) is 11.3. The molecule has 0 atom stereocenters. The molecule has 0 aliphatic rings. The Morgan fingerprint density at radius 1 is 0.300 bits per heavy atom. The number of hydrogen-bond donors (Lipinski definition) is 0. The van der Waals surface area contributed by atoms with E-state index < -0.39 is 0 Å². The maximum atomic E-state index is 5.60. The molecule has 0 aliphatic carbocycles. The number of aromatic nitrogens is 6. The zero-order valence-corrected chi connectivity index (χ0v) is 32.3. The van der Waals surface area contributed by atoms with E-state index in [-0.39, 0.29) is 0 Å². The normalized spacial score (nSPS) is 11.7. The van der Waals surface area contributed by atoms with Gasteiger partial charge in [0.15, 0.2) is 11.6 Å². The van der Waals surface area contributed by atoms with Crippen LogP contribution < -0.4 is 0 Å². The van der Waals surface area contributed by atoms with Crippen molar-refractivity contribution in [3.8, 4) is 62.5 Å². The third-order valence-corrected chi connectivity index (χ3v) is 11.6. The Hall–Kier alpha value is -8.22. The van der Waals surface area contributed by atoms with Crippen LogP contribution in [0.4, 0.5) is 0 Å². The highest BCUT2D eigenvalue weighted by Gasteiger charge is 2.25. The maximum absolute atomic E-state index is 5.60. The molecule has 8 aromatic carbocycles. The first-order valence-corrected chi connectivity index (χ1v) is 20.2. The van der Waals surface area contributed by atoms with Crippen LogP contribution in [-0.4, -0.2) is 28.9 Å². The van der Waals surface area contributed by atoms with Gasteiger partial charge >= 0.3 is 0 Å². The summed E-state index contributed by atoms with van der Waals surface area (Å²) in [6, 6.07) is 72.0. The number of fused-ring (bicyclic) bond motifs is 10. The van der Waals surface area contributed by atoms with E-state index in [0.717, 1.165) is 82.9 Å². The third kappa shape index (κ3) is 5.35. The monoisotopic (exact) mass is 766 g/mol. The second-order valence-electron chi connectivity index (χ2n) is 15.0. The molecule has 0 spiro atoms. The number of pyridine rings is 1. The van der Waals surface area contributed by atoms with E-state index in [1.807, 2.05) is 60.7 Å². The van der Waals surface area contributed by atoms with Gasteiger partial charge in [-0.3, -0.25) is 8.97 Å². The molecule has 280 valence electrons. The first kappa shape index (κ1) is 33.9. The lowest BCUT2D eigenvalue weighted by molar-refractivity contribution is 0.953. The smallest absolute Gasteiger partial charge is 0.238 e. The third-order valence-electron chi connectivity index (χ3n) is 11.6. The second-order valence-corrected chi connectivity index (χ2v) is 15.0.